The van der Waals surface area contributed by atoms with Crippen molar-refractivity contribution in [1.82, 2.24) is 0 Å². The minimum atomic E-state index is 0.678. The van der Waals surface area contributed by atoms with E-state index in [0.29, 0.717) is 12.2 Å². The van der Waals surface area contributed by atoms with Gasteiger partial charge in [0.25, 0.3) is 0 Å². The van der Waals surface area contributed by atoms with Crippen molar-refractivity contribution in [3.63, 3.8) is 0 Å². The van der Waals surface area contributed by atoms with Gasteiger partial charge in [-0.05, 0) is 30.5 Å². The Morgan fingerprint density at radius 3 is 2.62 bits per heavy atom. The fraction of sp³-hybridized carbons (Fsp3) is 0.300. The first kappa shape index (κ1) is 10.1. The molecule has 1 rings (SSSR count). The summed E-state index contributed by atoms with van der Waals surface area (Å²) in [4.78, 5) is 10.3. The Labute approximate surface area is 82.3 Å². The molecule has 1 aromatic carbocycles. The fourth-order valence-corrected chi connectivity index (χ4v) is 1.14. The molecule has 0 bridgehead atoms. The lowest BCUT2D eigenvalue weighted by Gasteiger charge is -2.04. The van der Waals surface area contributed by atoms with Crippen LogP contribution in [0.3, 0.4) is 0 Å². The second-order valence-electron chi connectivity index (χ2n) is 2.53. The average molecular weight is 196 g/mol. The minimum Gasteiger partial charge on any atom is -0.493 e. The predicted octanol–water partition coefficient (Wildman–Crippen LogP) is 2.24. The van der Waals surface area contributed by atoms with Crippen molar-refractivity contribution in [1.29, 1.82) is 0 Å². The lowest BCUT2D eigenvalue weighted by molar-refractivity contribution is 0.112. The van der Waals surface area contributed by atoms with Gasteiger partial charge in [0, 0.05) is 11.3 Å². The van der Waals surface area contributed by atoms with Gasteiger partial charge >= 0.3 is 0 Å². The lowest BCUT2D eigenvalue weighted by atomic mass is 10.2. The van der Waals surface area contributed by atoms with Crippen molar-refractivity contribution in [3.05, 3.63) is 29.8 Å². The van der Waals surface area contributed by atoms with Gasteiger partial charge in [-0.1, -0.05) is 0 Å². The highest BCUT2D eigenvalue weighted by Crippen LogP contribution is 2.11. The van der Waals surface area contributed by atoms with E-state index >= 15 is 0 Å². The highest BCUT2D eigenvalue weighted by molar-refractivity contribution is 7.98. The van der Waals surface area contributed by atoms with Gasteiger partial charge in [0.2, 0.25) is 0 Å². The highest BCUT2D eigenvalue weighted by atomic mass is 32.2. The molecule has 0 aliphatic heterocycles. The molecule has 0 amide bonds. The zero-order chi connectivity index (χ0) is 9.52. The van der Waals surface area contributed by atoms with Crippen LogP contribution in [-0.4, -0.2) is 24.9 Å². The standard InChI is InChI=1S/C10H12O2S/c1-13-7-6-12-10-4-2-9(8-11)3-5-10/h2-5,8H,6-7H2,1H3. The topological polar surface area (TPSA) is 26.3 Å². The van der Waals surface area contributed by atoms with Crippen LogP contribution in [0.4, 0.5) is 0 Å². The van der Waals surface area contributed by atoms with Gasteiger partial charge in [0.1, 0.15) is 12.0 Å². The number of thioether (sulfide) groups is 1. The molecular formula is C10H12O2S. The van der Waals surface area contributed by atoms with Crippen LogP contribution >= 0.6 is 11.8 Å². The van der Waals surface area contributed by atoms with E-state index in [2.05, 4.69) is 0 Å². The van der Waals surface area contributed by atoms with Gasteiger partial charge in [-0.25, -0.2) is 0 Å². The molecule has 2 nitrogen and oxygen atoms in total. The summed E-state index contributed by atoms with van der Waals surface area (Å²) in [5.41, 5.74) is 0.678. The van der Waals surface area contributed by atoms with Gasteiger partial charge in [-0.15, -0.1) is 0 Å². The van der Waals surface area contributed by atoms with Crippen LogP contribution in [0.1, 0.15) is 10.4 Å². The average Bonchev–Trinajstić information content (AvgIpc) is 2.19. The zero-order valence-corrected chi connectivity index (χ0v) is 8.34. The Kier molecular flexibility index (Phi) is 4.40. The summed E-state index contributed by atoms with van der Waals surface area (Å²) in [5.74, 6) is 1.80. The summed E-state index contributed by atoms with van der Waals surface area (Å²) in [7, 11) is 0. The van der Waals surface area contributed by atoms with Crippen LogP contribution in [0, 0.1) is 0 Å². The van der Waals surface area contributed by atoms with Gasteiger partial charge in [-0.3, -0.25) is 4.79 Å². The number of carbonyl (C=O) groups is 1. The first-order valence-corrected chi connectivity index (χ1v) is 5.43. The van der Waals surface area contributed by atoms with E-state index in [0.717, 1.165) is 17.8 Å². The van der Waals surface area contributed by atoms with Crippen molar-refractivity contribution in [2.45, 2.75) is 0 Å². The van der Waals surface area contributed by atoms with Crippen molar-refractivity contribution >= 4 is 18.0 Å². The van der Waals surface area contributed by atoms with E-state index in [-0.39, 0.29) is 0 Å². The summed E-state index contributed by atoms with van der Waals surface area (Å²) in [5, 5.41) is 0. The molecule has 0 aliphatic rings. The van der Waals surface area contributed by atoms with Crippen molar-refractivity contribution in [3.8, 4) is 5.75 Å². The molecule has 0 radical (unpaired) electrons. The molecular weight excluding hydrogens is 184 g/mol. The minimum absolute atomic E-state index is 0.678. The van der Waals surface area contributed by atoms with Crippen LogP contribution < -0.4 is 4.74 Å². The monoisotopic (exact) mass is 196 g/mol. The molecule has 3 heteroatoms. The van der Waals surface area contributed by atoms with Crippen LogP contribution in [0.15, 0.2) is 24.3 Å². The van der Waals surface area contributed by atoms with Crippen LogP contribution in [0.25, 0.3) is 0 Å². The Hall–Kier alpha value is -0.960. The summed E-state index contributed by atoms with van der Waals surface area (Å²) in [6.45, 7) is 0.710. The molecule has 13 heavy (non-hydrogen) atoms. The summed E-state index contributed by atoms with van der Waals surface area (Å²) < 4.78 is 5.41. The third-order valence-corrected chi connectivity index (χ3v) is 2.15. The molecule has 0 N–H and O–H groups in total. The molecule has 0 heterocycles. The van der Waals surface area contributed by atoms with E-state index in [1.807, 2.05) is 18.4 Å². The van der Waals surface area contributed by atoms with Crippen LogP contribution in [0.2, 0.25) is 0 Å². The largest absolute Gasteiger partial charge is 0.493 e. The highest BCUT2D eigenvalue weighted by Gasteiger charge is 1.93. The summed E-state index contributed by atoms with van der Waals surface area (Å²) in [6, 6.07) is 7.12. The van der Waals surface area contributed by atoms with Gasteiger partial charge in [0.05, 0.1) is 6.61 Å². The van der Waals surface area contributed by atoms with E-state index in [9.17, 15) is 4.79 Å². The Morgan fingerprint density at radius 2 is 2.08 bits per heavy atom. The normalized spacial score (nSPS) is 9.62. The molecule has 0 fully saturated rings. The molecule has 0 aliphatic carbocycles. The molecule has 0 atom stereocenters. The van der Waals surface area contributed by atoms with Crippen LogP contribution in [0.5, 0.6) is 5.75 Å². The molecule has 1 aromatic rings. The Morgan fingerprint density at radius 1 is 1.38 bits per heavy atom. The summed E-state index contributed by atoms with van der Waals surface area (Å²) >= 11 is 1.75. The van der Waals surface area contributed by atoms with Crippen LogP contribution in [-0.2, 0) is 0 Å². The maximum Gasteiger partial charge on any atom is 0.150 e. The Balaban J connectivity index is 2.44. The predicted molar refractivity (Wildman–Crippen MR) is 55.7 cm³/mol. The second-order valence-corrected chi connectivity index (χ2v) is 3.51. The number of rotatable bonds is 5. The van der Waals surface area contributed by atoms with Gasteiger partial charge < -0.3 is 4.74 Å². The van der Waals surface area contributed by atoms with E-state index in [4.69, 9.17) is 4.74 Å². The maximum atomic E-state index is 10.3. The van der Waals surface area contributed by atoms with Crippen molar-refractivity contribution < 1.29 is 9.53 Å². The molecule has 0 spiro atoms. The number of benzene rings is 1. The number of ether oxygens (including phenoxy) is 1. The second kappa shape index (κ2) is 5.65. The molecule has 0 saturated carbocycles. The first-order chi connectivity index (χ1) is 6.36. The molecule has 0 unspecified atom stereocenters. The number of hydrogen-bond acceptors (Lipinski definition) is 3. The molecule has 70 valence electrons. The zero-order valence-electron chi connectivity index (χ0n) is 7.53. The smallest absolute Gasteiger partial charge is 0.150 e. The lowest BCUT2D eigenvalue weighted by Crippen LogP contribution is -1.99. The third kappa shape index (κ3) is 3.51. The first-order valence-electron chi connectivity index (χ1n) is 4.04. The SMILES string of the molecule is CSCCOc1ccc(C=O)cc1. The number of carbonyl (C=O) groups excluding carboxylic acids is 1. The summed E-state index contributed by atoms with van der Waals surface area (Å²) in [6.07, 6.45) is 2.87. The van der Waals surface area contributed by atoms with Gasteiger partial charge in [0.15, 0.2) is 0 Å². The van der Waals surface area contributed by atoms with E-state index in [1.165, 1.54) is 0 Å². The van der Waals surface area contributed by atoms with Gasteiger partial charge in [-0.2, -0.15) is 11.8 Å². The van der Waals surface area contributed by atoms with E-state index in [1.54, 1.807) is 23.9 Å². The fourth-order valence-electron chi connectivity index (χ4n) is 0.885. The van der Waals surface area contributed by atoms with Crippen molar-refractivity contribution in [2.24, 2.45) is 0 Å². The molecule has 0 aromatic heterocycles. The maximum absolute atomic E-state index is 10.3. The van der Waals surface area contributed by atoms with Crippen molar-refractivity contribution in [2.75, 3.05) is 18.6 Å². The number of hydrogen-bond donors (Lipinski definition) is 0. The Bertz CT molecular complexity index is 256. The third-order valence-electron chi connectivity index (χ3n) is 1.57. The molecule has 0 saturated heterocycles. The van der Waals surface area contributed by atoms with E-state index < -0.39 is 0 Å². The quantitative estimate of drug-likeness (QED) is 0.533. The number of aldehydes is 1.